The summed E-state index contributed by atoms with van der Waals surface area (Å²) in [5, 5.41) is 3.11. The molecular weight excluding hydrogens is 353 g/mol. The molecule has 2 aliphatic heterocycles. The summed E-state index contributed by atoms with van der Waals surface area (Å²) in [4.78, 5) is 22.2. The van der Waals surface area contributed by atoms with E-state index in [0.29, 0.717) is 25.9 Å². The maximum atomic E-state index is 12.6. The zero-order valence-electron chi connectivity index (χ0n) is 14.3. The van der Waals surface area contributed by atoms with Crippen LogP contribution < -0.4 is 0 Å². The predicted molar refractivity (Wildman–Crippen MR) is 89.4 cm³/mol. The molecule has 2 fully saturated rings. The molecule has 2 saturated heterocycles. The topological polar surface area (TPSA) is 39.7 Å². The number of piperidine rings is 1. The van der Waals surface area contributed by atoms with Crippen molar-refractivity contribution in [2.24, 2.45) is 0 Å². The molecule has 1 aromatic heterocycles. The molecule has 2 aliphatic rings. The van der Waals surface area contributed by atoms with Gasteiger partial charge in [0.2, 0.25) is 5.91 Å². The number of carbonyl (C=O) groups is 1. The summed E-state index contributed by atoms with van der Waals surface area (Å²) in [5.41, 5.74) is 1.02. The highest BCUT2D eigenvalue weighted by Gasteiger charge is 2.39. The highest BCUT2D eigenvalue weighted by atomic mass is 32.1. The molecule has 3 rings (SSSR count). The molecule has 0 bridgehead atoms. The second-order valence-electron chi connectivity index (χ2n) is 6.73. The SMILES string of the molecule is Cc1csc(CN2CCN([C@H]3CCCN(CC(F)(F)F)C3=O)CC2)n1. The third-order valence-corrected chi connectivity index (χ3v) is 5.70. The summed E-state index contributed by atoms with van der Waals surface area (Å²) in [7, 11) is 0. The van der Waals surface area contributed by atoms with Crippen LogP contribution in [-0.4, -0.2) is 77.1 Å². The number of piperazine rings is 1. The monoisotopic (exact) mass is 376 g/mol. The molecule has 1 amide bonds. The maximum Gasteiger partial charge on any atom is 0.406 e. The lowest BCUT2D eigenvalue weighted by molar-refractivity contribution is -0.168. The number of alkyl halides is 3. The summed E-state index contributed by atoms with van der Waals surface area (Å²) in [6.45, 7) is 4.87. The molecular formula is C16H23F3N4OS. The number of likely N-dealkylation sites (tertiary alicyclic amines) is 1. The van der Waals surface area contributed by atoms with E-state index in [1.807, 2.05) is 12.3 Å². The van der Waals surface area contributed by atoms with Crippen LogP contribution in [0, 0.1) is 6.92 Å². The first kappa shape index (κ1) is 18.6. The molecule has 0 spiro atoms. The van der Waals surface area contributed by atoms with Gasteiger partial charge in [0, 0.05) is 43.8 Å². The number of aryl methyl sites for hydroxylation is 1. The van der Waals surface area contributed by atoms with Crippen LogP contribution in [-0.2, 0) is 11.3 Å². The average Bonchev–Trinajstić information content (AvgIpc) is 2.94. The molecule has 0 unspecified atom stereocenters. The van der Waals surface area contributed by atoms with Crippen molar-refractivity contribution in [2.75, 3.05) is 39.3 Å². The number of rotatable bonds is 4. The van der Waals surface area contributed by atoms with Gasteiger partial charge in [0.15, 0.2) is 0 Å². The van der Waals surface area contributed by atoms with E-state index in [-0.39, 0.29) is 12.5 Å². The van der Waals surface area contributed by atoms with Crippen molar-refractivity contribution in [1.82, 2.24) is 19.7 Å². The quantitative estimate of drug-likeness (QED) is 0.807. The molecule has 25 heavy (non-hydrogen) atoms. The molecule has 1 atom stereocenters. The number of nitrogens with zero attached hydrogens (tertiary/aromatic N) is 4. The zero-order valence-corrected chi connectivity index (χ0v) is 15.1. The number of halogens is 3. The van der Waals surface area contributed by atoms with E-state index in [9.17, 15) is 18.0 Å². The van der Waals surface area contributed by atoms with Gasteiger partial charge >= 0.3 is 6.18 Å². The van der Waals surface area contributed by atoms with Crippen LogP contribution in [0.3, 0.4) is 0 Å². The molecule has 1 aromatic rings. The van der Waals surface area contributed by atoms with Crippen LogP contribution >= 0.6 is 11.3 Å². The fraction of sp³-hybridized carbons (Fsp3) is 0.750. The van der Waals surface area contributed by atoms with Crippen molar-refractivity contribution >= 4 is 17.2 Å². The van der Waals surface area contributed by atoms with Crippen molar-refractivity contribution in [3.8, 4) is 0 Å². The van der Waals surface area contributed by atoms with Gasteiger partial charge in [-0.25, -0.2) is 4.98 Å². The minimum atomic E-state index is -4.33. The van der Waals surface area contributed by atoms with Gasteiger partial charge in [-0.1, -0.05) is 0 Å². The van der Waals surface area contributed by atoms with E-state index in [1.54, 1.807) is 11.3 Å². The number of hydrogen-bond acceptors (Lipinski definition) is 5. The van der Waals surface area contributed by atoms with Gasteiger partial charge in [-0.05, 0) is 19.8 Å². The van der Waals surface area contributed by atoms with Crippen LogP contribution in [0.2, 0.25) is 0 Å². The molecule has 0 aliphatic carbocycles. The lowest BCUT2D eigenvalue weighted by Gasteiger charge is -2.42. The Morgan fingerprint density at radius 3 is 2.56 bits per heavy atom. The fourth-order valence-electron chi connectivity index (χ4n) is 3.53. The number of carbonyl (C=O) groups excluding carboxylic acids is 1. The highest BCUT2D eigenvalue weighted by Crippen LogP contribution is 2.24. The summed E-state index contributed by atoms with van der Waals surface area (Å²) in [5.74, 6) is -0.368. The average molecular weight is 376 g/mol. The van der Waals surface area contributed by atoms with Crippen LogP contribution in [0.4, 0.5) is 13.2 Å². The van der Waals surface area contributed by atoms with Gasteiger partial charge < -0.3 is 4.90 Å². The van der Waals surface area contributed by atoms with Crippen LogP contribution in [0.25, 0.3) is 0 Å². The Bertz CT molecular complexity index is 598. The summed E-state index contributed by atoms with van der Waals surface area (Å²) in [6, 6.07) is -0.402. The van der Waals surface area contributed by atoms with Crippen LogP contribution in [0.1, 0.15) is 23.5 Å². The summed E-state index contributed by atoms with van der Waals surface area (Å²) in [6.07, 6.45) is -3.05. The van der Waals surface area contributed by atoms with Gasteiger partial charge in [-0.3, -0.25) is 14.6 Å². The molecule has 3 heterocycles. The molecule has 0 saturated carbocycles. The van der Waals surface area contributed by atoms with E-state index in [4.69, 9.17) is 0 Å². The number of amides is 1. The Morgan fingerprint density at radius 1 is 1.24 bits per heavy atom. The standard InChI is InChI=1S/C16H23F3N4OS/c1-12-10-25-14(20-12)9-21-5-7-22(8-6-21)13-3-2-4-23(15(13)24)11-16(17,18)19/h10,13H,2-9,11H2,1H3/t13-/m0/s1. The highest BCUT2D eigenvalue weighted by molar-refractivity contribution is 7.09. The summed E-state index contributed by atoms with van der Waals surface area (Å²) < 4.78 is 37.9. The zero-order chi connectivity index (χ0) is 18.0. The molecule has 0 aromatic carbocycles. The largest absolute Gasteiger partial charge is 0.406 e. The Morgan fingerprint density at radius 2 is 1.96 bits per heavy atom. The Hall–Kier alpha value is -1.19. The molecule has 5 nitrogen and oxygen atoms in total. The second-order valence-corrected chi connectivity index (χ2v) is 7.67. The minimum Gasteiger partial charge on any atom is -0.332 e. The summed E-state index contributed by atoms with van der Waals surface area (Å²) >= 11 is 1.64. The minimum absolute atomic E-state index is 0.207. The normalized spacial score (nSPS) is 24.1. The molecule has 0 N–H and O–H groups in total. The first-order chi connectivity index (χ1) is 11.8. The maximum absolute atomic E-state index is 12.6. The predicted octanol–water partition coefficient (Wildman–Crippen LogP) is 2.12. The van der Waals surface area contributed by atoms with Crippen molar-refractivity contribution in [2.45, 2.75) is 38.5 Å². The first-order valence-corrected chi connectivity index (χ1v) is 9.43. The van der Waals surface area contributed by atoms with Crippen molar-refractivity contribution < 1.29 is 18.0 Å². The van der Waals surface area contributed by atoms with Crippen LogP contribution in [0.15, 0.2) is 5.38 Å². The number of hydrogen-bond donors (Lipinski definition) is 0. The van der Waals surface area contributed by atoms with Gasteiger partial charge in [0.05, 0.1) is 12.6 Å². The Kier molecular flexibility index (Phi) is 5.65. The third kappa shape index (κ3) is 4.92. The van der Waals surface area contributed by atoms with Gasteiger partial charge in [-0.2, -0.15) is 13.2 Å². The van der Waals surface area contributed by atoms with Crippen molar-refractivity contribution in [1.29, 1.82) is 0 Å². The Labute approximate surface area is 149 Å². The Balaban J connectivity index is 1.52. The number of thiazole rings is 1. The third-order valence-electron chi connectivity index (χ3n) is 4.75. The van der Waals surface area contributed by atoms with E-state index >= 15 is 0 Å². The lowest BCUT2D eigenvalue weighted by atomic mass is 10.0. The van der Waals surface area contributed by atoms with Gasteiger partial charge in [-0.15, -0.1) is 11.3 Å². The van der Waals surface area contributed by atoms with Gasteiger partial charge in [0.25, 0.3) is 0 Å². The first-order valence-electron chi connectivity index (χ1n) is 8.55. The fourth-order valence-corrected chi connectivity index (χ4v) is 4.34. The molecule has 140 valence electrons. The molecule has 9 heteroatoms. The van der Waals surface area contributed by atoms with E-state index in [1.165, 1.54) is 0 Å². The second kappa shape index (κ2) is 7.59. The smallest absolute Gasteiger partial charge is 0.332 e. The number of aromatic nitrogens is 1. The van der Waals surface area contributed by atoms with E-state index in [0.717, 1.165) is 35.2 Å². The molecule has 0 radical (unpaired) electrons. The van der Waals surface area contributed by atoms with Crippen molar-refractivity contribution in [3.63, 3.8) is 0 Å². The van der Waals surface area contributed by atoms with E-state index in [2.05, 4.69) is 14.8 Å². The van der Waals surface area contributed by atoms with Crippen LogP contribution in [0.5, 0.6) is 0 Å². The van der Waals surface area contributed by atoms with Gasteiger partial charge in [0.1, 0.15) is 11.6 Å². The van der Waals surface area contributed by atoms with Crippen molar-refractivity contribution in [3.05, 3.63) is 16.1 Å². The lowest BCUT2D eigenvalue weighted by Crippen LogP contribution is -2.58. The van der Waals surface area contributed by atoms with E-state index < -0.39 is 18.8 Å².